The number of rotatable bonds is 5. The van der Waals surface area contributed by atoms with Crippen molar-refractivity contribution in [3.63, 3.8) is 0 Å². The Morgan fingerprint density at radius 2 is 1.21 bits per heavy atom. The molecule has 0 spiro atoms. The molecule has 3 rings (SSSR count). The maximum atomic E-state index is 4.84. The summed E-state index contributed by atoms with van der Waals surface area (Å²) in [5.41, 5.74) is 3.52. The summed E-state index contributed by atoms with van der Waals surface area (Å²) in [6.07, 6.45) is 4.24. The zero-order valence-electron chi connectivity index (χ0n) is 18.1. The van der Waals surface area contributed by atoms with E-state index in [-0.39, 0.29) is 5.41 Å². The smallest absolute Gasteiger partial charge is 0.0687 e. The van der Waals surface area contributed by atoms with Crippen LogP contribution in [0.5, 0.6) is 0 Å². The van der Waals surface area contributed by atoms with E-state index in [4.69, 9.17) is 4.99 Å². The Morgan fingerprint density at radius 3 is 1.66 bits per heavy atom. The van der Waals surface area contributed by atoms with Crippen molar-refractivity contribution in [2.45, 2.75) is 34.6 Å². The van der Waals surface area contributed by atoms with E-state index in [0.717, 1.165) is 5.69 Å². The van der Waals surface area contributed by atoms with Crippen molar-refractivity contribution < 1.29 is 0 Å². The van der Waals surface area contributed by atoms with Crippen LogP contribution in [-0.2, 0) is 0 Å². The molecule has 0 aliphatic carbocycles. The molecule has 0 radical (unpaired) electrons. The second-order valence-corrected chi connectivity index (χ2v) is 10.5. The van der Waals surface area contributed by atoms with Crippen LogP contribution >= 0.6 is 7.92 Å². The molecule has 2 heteroatoms. The van der Waals surface area contributed by atoms with Gasteiger partial charge in [0.15, 0.2) is 0 Å². The van der Waals surface area contributed by atoms with Gasteiger partial charge in [0.05, 0.1) is 5.69 Å². The third kappa shape index (κ3) is 5.31. The SMILES string of the molecule is Cc1cccc(C)c1N=C/C=C(/P(c1ccccc1)c1ccccc1)C(C)(C)C. The van der Waals surface area contributed by atoms with Crippen LogP contribution in [0, 0.1) is 19.3 Å². The summed E-state index contributed by atoms with van der Waals surface area (Å²) < 4.78 is 0. The lowest BCUT2D eigenvalue weighted by atomic mass is 9.96. The molecule has 0 saturated heterocycles. The van der Waals surface area contributed by atoms with Gasteiger partial charge in [0, 0.05) is 6.21 Å². The summed E-state index contributed by atoms with van der Waals surface area (Å²) in [4.78, 5) is 4.84. The number of para-hydroxylation sites is 1. The van der Waals surface area contributed by atoms with E-state index < -0.39 is 7.92 Å². The van der Waals surface area contributed by atoms with Gasteiger partial charge in [-0.1, -0.05) is 99.6 Å². The molecule has 29 heavy (non-hydrogen) atoms. The summed E-state index contributed by atoms with van der Waals surface area (Å²) in [5, 5.41) is 4.16. The van der Waals surface area contributed by atoms with Gasteiger partial charge < -0.3 is 0 Å². The fraction of sp³-hybridized carbons (Fsp3) is 0.222. The molecule has 0 fully saturated rings. The van der Waals surface area contributed by atoms with Gasteiger partial charge in [-0.15, -0.1) is 0 Å². The fourth-order valence-electron chi connectivity index (χ4n) is 3.43. The molecule has 0 saturated carbocycles. The minimum absolute atomic E-state index is 0.0319. The van der Waals surface area contributed by atoms with E-state index in [1.807, 2.05) is 6.21 Å². The molecule has 0 unspecified atom stereocenters. The molecule has 0 bridgehead atoms. The first kappa shape index (κ1) is 21.2. The Hall–Kier alpha value is -2.50. The first-order chi connectivity index (χ1) is 13.9. The molecule has 0 aromatic heterocycles. The molecule has 0 atom stereocenters. The Labute approximate surface area is 177 Å². The molecule has 148 valence electrons. The Kier molecular flexibility index (Phi) is 6.83. The maximum Gasteiger partial charge on any atom is 0.0687 e. The Morgan fingerprint density at radius 1 is 0.724 bits per heavy atom. The number of aliphatic imine (C=N–C) groups is 1. The Bertz CT molecular complexity index is 936. The van der Waals surface area contributed by atoms with Crippen molar-refractivity contribution >= 4 is 30.4 Å². The molecule has 0 heterocycles. The van der Waals surface area contributed by atoms with Gasteiger partial charge >= 0.3 is 0 Å². The van der Waals surface area contributed by atoms with Gasteiger partial charge in [-0.3, -0.25) is 4.99 Å². The van der Waals surface area contributed by atoms with Crippen molar-refractivity contribution in [3.8, 4) is 0 Å². The number of hydrogen-bond acceptors (Lipinski definition) is 1. The summed E-state index contributed by atoms with van der Waals surface area (Å²) >= 11 is 0. The van der Waals surface area contributed by atoms with Crippen LogP contribution in [0.15, 0.2) is 95.2 Å². The van der Waals surface area contributed by atoms with E-state index in [2.05, 4.69) is 120 Å². The summed E-state index contributed by atoms with van der Waals surface area (Å²) in [6, 6.07) is 28.1. The largest absolute Gasteiger partial charge is 0.256 e. The highest BCUT2D eigenvalue weighted by molar-refractivity contribution is 7.76. The molecule has 1 nitrogen and oxygen atoms in total. The third-order valence-electron chi connectivity index (χ3n) is 4.91. The number of benzene rings is 3. The molecule has 0 aliphatic heterocycles. The topological polar surface area (TPSA) is 12.4 Å². The summed E-state index contributed by atoms with van der Waals surface area (Å²) in [6.45, 7) is 11.1. The zero-order chi connectivity index (χ0) is 20.9. The van der Waals surface area contributed by atoms with E-state index in [1.54, 1.807) is 0 Å². The van der Waals surface area contributed by atoms with Gasteiger partial charge in [-0.2, -0.15) is 0 Å². The molecule has 3 aromatic carbocycles. The quantitative estimate of drug-likeness (QED) is 0.321. The predicted molar refractivity (Wildman–Crippen MR) is 131 cm³/mol. The van der Waals surface area contributed by atoms with Gasteiger partial charge in [0.25, 0.3) is 0 Å². The average molecular weight is 400 g/mol. The van der Waals surface area contributed by atoms with Crippen molar-refractivity contribution in [2.75, 3.05) is 0 Å². The minimum atomic E-state index is -0.628. The Balaban J connectivity index is 2.10. The predicted octanol–water partition coefficient (Wildman–Crippen LogP) is 7.07. The molecule has 3 aromatic rings. The first-order valence-electron chi connectivity index (χ1n) is 10.1. The molecule has 0 aliphatic rings. The maximum absolute atomic E-state index is 4.84. The molecular weight excluding hydrogens is 369 g/mol. The average Bonchev–Trinajstić information content (AvgIpc) is 2.70. The van der Waals surface area contributed by atoms with E-state index in [9.17, 15) is 0 Å². The van der Waals surface area contributed by atoms with Crippen LogP contribution < -0.4 is 10.6 Å². The van der Waals surface area contributed by atoms with Crippen molar-refractivity contribution in [1.29, 1.82) is 0 Å². The molecular formula is C27H30NP. The van der Waals surface area contributed by atoms with Crippen LogP contribution in [-0.4, -0.2) is 6.21 Å². The van der Waals surface area contributed by atoms with Gasteiger partial charge in [0.2, 0.25) is 0 Å². The normalized spacial score (nSPS) is 12.7. The van der Waals surface area contributed by atoms with Crippen LogP contribution in [0.4, 0.5) is 5.69 Å². The van der Waals surface area contributed by atoms with Crippen molar-refractivity contribution in [2.24, 2.45) is 10.4 Å². The van der Waals surface area contributed by atoms with E-state index in [1.165, 1.54) is 27.1 Å². The zero-order valence-corrected chi connectivity index (χ0v) is 18.9. The second-order valence-electron chi connectivity index (χ2n) is 8.33. The van der Waals surface area contributed by atoms with E-state index in [0.29, 0.717) is 0 Å². The van der Waals surface area contributed by atoms with Gasteiger partial charge in [-0.25, -0.2) is 0 Å². The lowest BCUT2D eigenvalue weighted by Gasteiger charge is -2.31. The van der Waals surface area contributed by atoms with Crippen LogP contribution in [0.2, 0.25) is 0 Å². The number of nitrogens with zero attached hydrogens (tertiary/aromatic N) is 1. The van der Waals surface area contributed by atoms with Crippen LogP contribution in [0.25, 0.3) is 0 Å². The first-order valence-corrected chi connectivity index (χ1v) is 11.4. The molecule has 0 amide bonds. The van der Waals surface area contributed by atoms with Gasteiger partial charge in [-0.05, 0) is 60.3 Å². The van der Waals surface area contributed by atoms with Gasteiger partial charge in [0.1, 0.15) is 0 Å². The second kappa shape index (κ2) is 9.33. The highest BCUT2D eigenvalue weighted by Crippen LogP contribution is 2.51. The highest BCUT2D eigenvalue weighted by atomic mass is 31.1. The fourth-order valence-corrected chi connectivity index (χ4v) is 6.11. The number of allylic oxidation sites excluding steroid dienone is 2. The number of hydrogen-bond donors (Lipinski definition) is 0. The minimum Gasteiger partial charge on any atom is -0.256 e. The lowest BCUT2D eigenvalue weighted by Crippen LogP contribution is -2.20. The van der Waals surface area contributed by atoms with Crippen molar-refractivity contribution in [3.05, 3.63) is 101 Å². The highest BCUT2D eigenvalue weighted by Gasteiger charge is 2.27. The van der Waals surface area contributed by atoms with Crippen molar-refractivity contribution in [1.82, 2.24) is 0 Å². The monoisotopic (exact) mass is 399 g/mol. The van der Waals surface area contributed by atoms with Crippen LogP contribution in [0.1, 0.15) is 31.9 Å². The summed E-state index contributed by atoms with van der Waals surface area (Å²) in [7, 11) is -0.628. The molecule has 0 N–H and O–H groups in total. The number of aryl methyl sites for hydroxylation is 2. The summed E-state index contributed by atoms with van der Waals surface area (Å²) in [5.74, 6) is 0. The standard InChI is InChI=1S/C27H30NP/c1-21-13-12-14-22(2)26(21)28-20-19-25(27(3,4)5)29(23-15-8-6-9-16-23)24-17-10-7-11-18-24/h6-20H,1-5H3/b25-19+,28-20?. The third-order valence-corrected chi connectivity index (χ3v) is 7.84. The van der Waals surface area contributed by atoms with Crippen LogP contribution in [0.3, 0.4) is 0 Å². The van der Waals surface area contributed by atoms with E-state index >= 15 is 0 Å². The lowest BCUT2D eigenvalue weighted by molar-refractivity contribution is 0.532.